The van der Waals surface area contributed by atoms with Crippen molar-refractivity contribution in [2.45, 2.75) is 32.1 Å². The molecule has 0 atom stereocenters. The normalized spacial score (nSPS) is 14.5. The monoisotopic (exact) mass is 308 g/mol. The van der Waals surface area contributed by atoms with E-state index in [1.807, 2.05) is 24.3 Å². The third-order valence-electron chi connectivity index (χ3n) is 4.39. The minimum Gasteiger partial charge on any atom is -0.508 e. The van der Waals surface area contributed by atoms with E-state index in [0.29, 0.717) is 5.56 Å². The van der Waals surface area contributed by atoms with E-state index >= 15 is 0 Å². The fourth-order valence-corrected chi connectivity index (χ4v) is 3.21. The molecule has 118 valence electrons. The predicted octanol–water partition coefficient (Wildman–Crippen LogP) is 4.86. The molecule has 1 aliphatic rings. The molecule has 0 aliphatic heterocycles. The molecular weight excluding hydrogens is 288 g/mol. The number of carbonyl (C=O) groups is 1. The number of aromatic carboxylic acids is 1. The lowest BCUT2D eigenvalue weighted by molar-refractivity contribution is 0.0697. The van der Waals surface area contributed by atoms with Crippen molar-refractivity contribution in [2.24, 2.45) is 0 Å². The molecule has 1 saturated carbocycles. The van der Waals surface area contributed by atoms with E-state index in [1.54, 1.807) is 24.3 Å². The Hall–Kier alpha value is -2.55. The number of aromatic hydroxyl groups is 1. The first-order valence-electron chi connectivity index (χ1n) is 8.00. The maximum atomic E-state index is 11.1. The molecule has 0 radical (unpaired) electrons. The van der Waals surface area contributed by atoms with E-state index < -0.39 is 5.97 Å². The van der Waals surface area contributed by atoms with Crippen molar-refractivity contribution in [1.82, 2.24) is 0 Å². The van der Waals surface area contributed by atoms with E-state index in [4.69, 9.17) is 5.11 Å². The van der Waals surface area contributed by atoms with Crippen LogP contribution < -0.4 is 0 Å². The Bertz CT molecular complexity index is 716. The number of rotatable bonds is 3. The Morgan fingerprint density at radius 1 is 0.739 bits per heavy atom. The quantitative estimate of drug-likeness (QED) is 0.851. The molecule has 23 heavy (non-hydrogen) atoms. The van der Waals surface area contributed by atoms with Gasteiger partial charge in [-0.05, 0) is 66.6 Å². The van der Waals surface area contributed by atoms with Crippen LogP contribution >= 0.6 is 0 Å². The van der Waals surface area contributed by atoms with Crippen LogP contribution in [0, 0.1) is 0 Å². The second kappa shape index (κ2) is 6.69. The molecule has 1 aliphatic carbocycles. The summed E-state index contributed by atoms with van der Waals surface area (Å²) in [6.45, 7) is 0. The summed E-state index contributed by atoms with van der Waals surface area (Å²) >= 11 is 0. The second-order valence-electron chi connectivity index (χ2n) is 5.97. The standard InChI is InChI=1S/C20H20O3/c21-18-12-10-16(11-13-18)19(14-4-2-1-3-5-14)15-6-8-17(9-7-15)20(22)23/h6-13,21H,1-5H2,(H,22,23). The molecule has 0 amide bonds. The van der Waals surface area contributed by atoms with Crippen LogP contribution in [0.2, 0.25) is 0 Å². The topological polar surface area (TPSA) is 57.5 Å². The first kappa shape index (κ1) is 15.3. The fraction of sp³-hybridized carbons (Fsp3) is 0.250. The Morgan fingerprint density at radius 3 is 1.74 bits per heavy atom. The van der Waals surface area contributed by atoms with Gasteiger partial charge in [-0.3, -0.25) is 0 Å². The van der Waals surface area contributed by atoms with Crippen molar-refractivity contribution in [3.05, 3.63) is 70.8 Å². The van der Waals surface area contributed by atoms with E-state index in [-0.39, 0.29) is 5.75 Å². The van der Waals surface area contributed by atoms with Crippen molar-refractivity contribution in [1.29, 1.82) is 0 Å². The first-order valence-corrected chi connectivity index (χ1v) is 8.00. The third-order valence-corrected chi connectivity index (χ3v) is 4.39. The van der Waals surface area contributed by atoms with Crippen LogP contribution in [0.5, 0.6) is 5.75 Å². The van der Waals surface area contributed by atoms with E-state index in [1.165, 1.54) is 30.4 Å². The highest BCUT2D eigenvalue weighted by Gasteiger charge is 2.15. The third kappa shape index (κ3) is 3.45. The number of hydrogen-bond donors (Lipinski definition) is 2. The van der Waals surface area contributed by atoms with Crippen LogP contribution in [0.1, 0.15) is 53.6 Å². The van der Waals surface area contributed by atoms with Gasteiger partial charge in [0, 0.05) is 0 Å². The lowest BCUT2D eigenvalue weighted by Gasteiger charge is -2.20. The Kier molecular flexibility index (Phi) is 4.47. The number of phenolic OH excluding ortho intramolecular Hbond substituents is 1. The highest BCUT2D eigenvalue weighted by atomic mass is 16.4. The van der Waals surface area contributed by atoms with Crippen LogP contribution in [0.4, 0.5) is 0 Å². The van der Waals surface area contributed by atoms with Crippen LogP contribution in [-0.4, -0.2) is 16.2 Å². The molecule has 3 nitrogen and oxygen atoms in total. The molecular formula is C20H20O3. The highest BCUT2D eigenvalue weighted by Crippen LogP contribution is 2.35. The van der Waals surface area contributed by atoms with Gasteiger partial charge >= 0.3 is 5.97 Å². The van der Waals surface area contributed by atoms with Crippen molar-refractivity contribution < 1.29 is 15.0 Å². The molecule has 3 heteroatoms. The summed E-state index contributed by atoms with van der Waals surface area (Å²) in [6.07, 6.45) is 5.83. The van der Waals surface area contributed by atoms with Gasteiger partial charge in [-0.25, -0.2) is 4.79 Å². The minimum atomic E-state index is -0.909. The SMILES string of the molecule is O=C(O)c1ccc(C(=C2CCCCC2)c2ccc(O)cc2)cc1. The zero-order valence-electron chi connectivity index (χ0n) is 13.0. The molecule has 2 aromatic rings. The summed E-state index contributed by atoms with van der Waals surface area (Å²) in [4.78, 5) is 11.1. The van der Waals surface area contributed by atoms with E-state index in [2.05, 4.69) is 0 Å². The van der Waals surface area contributed by atoms with Crippen LogP contribution in [-0.2, 0) is 0 Å². The summed E-state index contributed by atoms with van der Waals surface area (Å²) in [6, 6.07) is 14.3. The lowest BCUT2D eigenvalue weighted by Crippen LogP contribution is -2.01. The van der Waals surface area contributed by atoms with Gasteiger partial charge in [0.05, 0.1) is 5.56 Å². The summed E-state index contributed by atoms with van der Waals surface area (Å²) in [5.74, 6) is -0.656. The van der Waals surface area contributed by atoms with Gasteiger partial charge in [-0.2, -0.15) is 0 Å². The minimum absolute atomic E-state index is 0.253. The molecule has 0 spiro atoms. The van der Waals surface area contributed by atoms with Gasteiger partial charge in [0.1, 0.15) is 5.75 Å². The molecule has 0 saturated heterocycles. The molecule has 2 N–H and O–H groups in total. The summed E-state index contributed by atoms with van der Waals surface area (Å²) in [5.41, 5.74) is 5.01. The van der Waals surface area contributed by atoms with Crippen LogP contribution in [0.15, 0.2) is 54.1 Å². The van der Waals surface area contributed by atoms with Gasteiger partial charge in [-0.1, -0.05) is 36.3 Å². The molecule has 1 fully saturated rings. The maximum Gasteiger partial charge on any atom is 0.335 e. The molecule has 3 rings (SSSR count). The number of allylic oxidation sites excluding steroid dienone is 1. The highest BCUT2D eigenvalue weighted by molar-refractivity contribution is 5.89. The number of benzene rings is 2. The lowest BCUT2D eigenvalue weighted by atomic mass is 9.85. The fourth-order valence-electron chi connectivity index (χ4n) is 3.21. The summed E-state index contributed by atoms with van der Waals surface area (Å²) < 4.78 is 0. The number of phenols is 1. The van der Waals surface area contributed by atoms with Crippen molar-refractivity contribution in [2.75, 3.05) is 0 Å². The molecule has 0 heterocycles. The zero-order chi connectivity index (χ0) is 16.2. The largest absolute Gasteiger partial charge is 0.508 e. The second-order valence-corrected chi connectivity index (χ2v) is 5.97. The zero-order valence-corrected chi connectivity index (χ0v) is 13.0. The van der Waals surface area contributed by atoms with Crippen LogP contribution in [0.3, 0.4) is 0 Å². The Labute approximate surface area is 135 Å². The van der Waals surface area contributed by atoms with Crippen molar-refractivity contribution in [3.8, 4) is 5.75 Å². The number of hydrogen-bond acceptors (Lipinski definition) is 2. The summed E-state index contributed by atoms with van der Waals surface area (Å²) in [7, 11) is 0. The predicted molar refractivity (Wildman–Crippen MR) is 90.6 cm³/mol. The van der Waals surface area contributed by atoms with Crippen molar-refractivity contribution >= 4 is 11.5 Å². The first-order chi connectivity index (χ1) is 11.1. The van der Waals surface area contributed by atoms with E-state index in [9.17, 15) is 9.90 Å². The Morgan fingerprint density at radius 2 is 1.22 bits per heavy atom. The van der Waals surface area contributed by atoms with Gasteiger partial charge < -0.3 is 10.2 Å². The van der Waals surface area contributed by atoms with Crippen LogP contribution in [0.25, 0.3) is 5.57 Å². The van der Waals surface area contributed by atoms with Gasteiger partial charge in [0.15, 0.2) is 0 Å². The van der Waals surface area contributed by atoms with E-state index in [0.717, 1.165) is 24.0 Å². The smallest absolute Gasteiger partial charge is 0.335 e. The van der Waals surface area contributed by atoms with Gasteiger partial charge in [0.2, 0.25) is 0 Å². The van der Waals surface area contributed by atoms with Crippen molar-refractivity contribution in [3.63, 3.8) is 0 Å². The van der Waals surface area contributed by atoms with Gasteiger partial charge in [-0.15, -0.1) is 0 Å². The maximum absolute atomic E-state index is 11.1. The molecule has 0 bridgehead atoms. The average molecular weight is 308 g/mol. The number of carboxylic acids is 1. The molecule has 0 unspecified atom stereocenters. The summed E-state index contributed by atoms with van der Waals surface area (Å²) in [5, 5.41) is 18.6. The van der Waals surface area contributed by atoms with Gasteiger partial charge in [0.25, 0.3) is 0 Å². The molecule has 2 aromatic carbocycles. The number of carboxylic acid groups (broad SMARTS) is 1. The Balaban J connectivity index is 2.08. The molecule has 0 aromatic heterocycles. The average Bonchev–Trinajstić information content (AvgIpc) is 2.58.